The zero-order valence-electron chi connectivity index (χ0n) is 6.26. The first kappa shape index (κ1) is 7.91. The lowest BCUT2D eigenvalue weighted by atomic mass is 9.96. The van der Waals surface area contributed by atoms with Crippen molar-refractivity contribution in [3.05, 3.63) is 0 Å². The van der Waals surface area contributed by atoms with Crippen LogP contribution in [0, 0.1) is 5.92 Å². The zero-order chi connectivity index (χ0) is 8.93. The number of rotatable bonds is 1. The standard InChI is InChI=1S/C7H9F2NO2/c8-7(9)2-3-1-4(7)5(10-3)6(11)12/h3-5,10H,1-2H2,(H,11,12)/t3-,4+,5+/m1/s1. The molecular formula is C7H9F2NO2. The van der Waals surface area contributed by atoms with Crippen molar-refractivity contribution in [2.24, 2.45) is 5.92 Å². The predicted octanol–water partition coefficient (Wildman–Crippen LogP) is 0.457. The molecule has 1 aliphatic heterocycles. The van der Waals surface area contributed by atoms with Gasteiger partial charge in [-0.1, -0.05) is 0 Å². The Bertz CT molecular complexity index is 231. The summed E-state index contributed by atoms with van der Waals surface area (Å²) in [7, 11) is 0. The van der Waals surface area contributed by atoms with Gasteiger partial charge in [0, 0.05) is 12.5 Å². The molecule has 0 aromatic rings. The third-order valence-electron chi connectivity index (χ3n) is 2.68. The molecule has 2 rings (SSSR count). The van der Waals surface area contributed by atoms with Crippen LogP contribution in [0.15, 0.2) is 0 Å². The molecule has 1 heterocycles. The summed E-state index contributed by atoms with van der Waals surface area (Å²) in [5.74, 6) is -4.94. The normalized spacial score (nSPS) is 43.3. The third kappa shape index (κ3) is 0.924. The lowest BCUT2D eigenvalue weighted by Crippen LogP contribution is -2.49. The number of carboxylic acids is 1. The van der Waals surface area contributed by atoms with E-state index in [1.165, 1.54) is 0 Å². The molecule has 1 saturated carbocycles. The third-order valence-corrected chi connectivity index (χ3v) is 2.68. The van der Waals surface area contributed by atoms with Crippen LogP contribution in [0.5, 0.6) is 0 Å². The number of aliphatic carboxylic acids is 1. The molecule has 2 bridgehead atoms. The van der Waals surface area contributed by atoms with Crippen LogP contribution in [0.2, 0.25) is 0 Å². The van der Waals surface area contributed by atoms with Gasteiger partial charge in [-0.05, 0) is 6.42 Å². The van der Waals surface area contributed by atoms with Crippen LogP contribution in [-0.4, -0.2) is 29.1 Å². The van der Waals surface area contributed by atoms with Crippen molar-refractivity contribution < 1.29 is 18.7 Å². The molecule has 0 unspecified atom stereocenters. The molecule has 2 fully saturated rings. The lowest BCUT2D eigenvalue weighted by molar-refractivity contribution is -0.147. The highest BCUT2D eigenvalue weighted by atomic mass is 19.3. The Morgan fingerprint density at radius 1 is 1.58 bits per heavy atom. The van der Waals surface area contributed by atoms with E-state index in [0.29, 0.717) is 6.42 Å². The summed E-state index contributed by atoms with van der Waals surface area (Å²) in [5, 5.41) is 11.2. The minimum absolute atomic E-state index is 0.207. The Morgan fingerprint density at radius 2 is 2.25 bits per heavy atom. The number of carboxylic acid groups (broad SMARTS) is 1. The molecule has 5 heteroatoms. The maximum atomic E-state index is 12.9. The van der Waals surface area contributed by atoms with Gasteiger partial charge in [0.2, 0.25) is 0 Å². The summed E-state index contributed by atoms with van der Waals surface area (Å²) < 4.78 is 25.9. The summed E-state index contributed by atoms with van der Waals surface area (Å²) in [6.45, 7) is 0. The molecule has 0 aromatic carbocycles. The molecular weight excluding hydrogens is 168 g/mol. The van der Waals surface area contributed by atoms with Crippen molar-refractivity contribution >= 4 is 5.97 Å². The van der Waals surface area contributed by atoms with Crippen LogP contribution >= 0.6 is 0 Å². The minimum Gasteiger partial charge on any atom is -0.480 e. The van der Waals surface area contributed by atoms with Crippen molar-refractivity contribution in [2.75, 3.05) is 0 Å². The summed E-state index contributed by atoms with van der Waals surface area (Å²) in [5.41, 5.74) is 0. The van der Waals surface area contributed by atoms with E-state index < -0.39 is 23.9 Å². The molecule has 12 heavy (non-hydrogen) atoms. The molecule has 0 radical (unpaired) electrons. The topological polar surface area (TPSA) is 49.3 Å². The van der Waals surface area contributed by atoms with Crippen molar-refractivity contribution in [1.29, 1.82) is 0 Å². The Balaban J connectivity index is 2.20. The Morgan fingerprint density at radius 3 is 2.58 bits per heavy atom. The molecule has 0 spiro atoms. The van der Waals surface area contributed by atoms with Gasteiger partial charge in [0.25, 0.3) is 5.92 Å². The molecule has 68 valence electrons. The fourth-order valence-corrected chi connectivity index (χ4v) is 2.16. The smallest absolute Gasteiger partial charge is 0.321 e. The Kier molecular flexibility index (Phi) is 1.42. The van der Waals surface area contributed by atoms with E-state index in [-0.39, 0.29) is 12.5 Å². The van der Waals surface area contributed by atoms with E-state index in [1.54, 1.807) is 0 Å². The van der Waals surface area contributed by atoms with Crippen LogP contribution in [0.1, 0.15) is 12.8 Å². The molecule has 2 aliphatic rings. The van der Waals surface area contributed by atoms with Gasteiger partial charge < -0.3 is 10.4 Å². The van der Waals surface area contributed by atoms with Gasteiger partial charge in [-0.15, -0.1) is 0 Å². The van der Waals surface area contributed by atoms with E-state index in [0.717, 1.165) is 0 Å². The second-order valence-electron chi connectivity index (χ2n) is 3.49. The maximum absolute atomic E-state index is 12.9. The zero-order valence-corrected chi connectivity index (χ0v) is 6.26. The number of alkyl halides is 2. The highest BCUT2D eigenvalue weighted by molar-refractivity contribution is 5.75. The van der Waals surface area contributed by atoms with Crippen LogP contribution < -0.4 is 5.32 Å². The number of halogens is 2. The van der Waals surface area contributed by atoms with Gasteiger partial charge in [0.1, 0.15) is 6.04 Å². The number of hydrogen-bond acceptors (Lipinski definition) is 2. The van der Waals surface area contributed by atoms with Crippen molar-refractivity contribution in [3.8, 4) is 0 Å². The fourth-order valence-electron chi connectivity index (χ4n) is 2.16. The maximum Gasteiger partial charge on any atom is 0.321 e. The number of hydrogen-bond donors (Lipinski definition) is 2. The van der Waals surface area contributed by atoms with E-state index in [9.17, 15) is 13.6 Å². The van der Waals surface area contributed by atoms with E-state index in [1.807, 2.05) is 0 Å². The molecule has 0 amide bonds. The quantitative estimate of drug-likeness (QED) is 0.611. The average molecular weight is 177 g/mol. The molecule has 2 N–H and O–H groups in total. The first-order valence-electron chi connectivity index (χ1n) is 3.87. The monoisotopic (exact) mass is 177 g/mol. The molecule has 1 saturated heterocycles. The van der Waals surface area contributed by atoms with E-state index in [4.69, 9.17) is 5.11 Å². The second-order valence-corrected chi connectivity index (χ2v) is 3.49. The van der Waals surface area contributed by atoms with Gasteiger partial charge >= 0.3 is 5.97 Å². The Hall–Kier alpha value is -0.710. The lowest BCUT2D eigenvalue weighted by Gasteiger charge is -2.27. The number of nitrogens with one attached hydrogen (secondary N) is 1. The van der Waals surface area contributed by atoms with Crippen molar-refractivity contribution in [1.82, 2.24) is 5.32 Å². The largest absolute Gasteiger partial charge is 0.480 e. The van der Waals surface area contributed by atoms with Crippen molar-refractivity contribution in [2.45, 2.75) is 30.8 Å². The summed E-state index contributed by atoms with van der Waals surface area (Å²) in [4.78, 5) is 10.5. The van der Waals surface area contributed by atoms with Crippen LogP contribution in [-0.2, 0) is 4.79 Å². The second kappa shape index (κ2) is 2.16. The molecule has 3 atom stereocenters. The molecule has 0 aromatic heterocycles. The van der Waals surface area contributed by atoms with E-state index in [2.05, 4.69) is 5.32 Å². The van der Waals surface area contributed by atoms with Crippen molar-refractivity contribution in [3.63, 3.8) is 0 Å². The molecule has 1 aliphatic carbocycles. The Labute approximate surface area is 67.8 Å². The van der Waals surface area contributed by atoms with Gasteiger partial charge in [-0.25, -0.2) is 8.78 Å². The van der Waals surface area contributed by atoms with Crippen LogP contribution in [0.4, 0.5) is 8.78 Å². The average Bonchev–Trinajstić information content (AvgIpc) is 2.40. The van der Waals surface area contributed by atoms with Gasteiger partial charge in [-0.3, -0.25) is 4.79 Å². The van der Waals surface area contributed by atoms with Gasteiger partial charge in [0.15, 0.2) is 0 Å². The van der Waals surface area contributed by atoms with Crippen LogP contribution in [0.3, 0.4) is 0 Å². The summed E-state index contributed by atoms with van der Waals surface area (Å²) in [6.07, 6.45) is 0.0887. The first-order chi connectivity index (χ1) is 5.50. The SMILES string of the molecule is O=C(O)[C@H]1N[C@@H]2C[C@@H]1C(F)(F)C2. The number of carbonyl (C=O) groups is 1. The highest BCUT2D eigenvalue weighted by Gasteiger charge is 2.59. The van der Waals surface area contributed by atoms with Crippen LogP contribution in [0.25, 0.3) is 0 Å². The van der Waals surface area contributed by atoms with Gasteiger partial charge in [0.05, 0.1) is 5.92 Å². The van der Waals surface area contributed by atoms with Gasteiger partial charge in [-0.2, -0.15) is 0 Å². The molecule has 3 nitrogen and oxygen atoms in total. The predicted molar refractivity (Wildman–Crippen MR) is 36.0 cm³/mol. The number of fused-ring (bicyclic) bond motifs is 2. The fraction of sp³-hybridized carbons (Fsp3) is 0.857. The van der Waals surface area contributed by atoms with E-state index >= 15 is 0 Å². The minimum atomic E-state index is -2.78. The highest BCUT2D eigenvalue weighted by Crippen LogP contribution is 2.46. The first-order valence-corrected chi connectivity index (χ1v) is 3.87. The number of piperidine rings is 1. The summed E-state index contributed by atoms with van der Waals surface area (Å²) >= 11 is 0. The summed E-state index contributed by atoms with van der Waals surface area (Å²) in [6, 6.07) is -1.34.